The molecule has 5 N–H and O–H groups in total. The molecule has 0 spiro atoms. The zero-order valence-corrected chi connectivity index (χ0v) is 13.2. The standard InChI is InChI=1S/C17H20N6/c1-10(2)9-14-12(7-8-15(18)16(14)19)11-5-3-4-6-13(11)17-20-22-23-21-17/h3-8,10H,9,18-19H2,1-2H3,(H,20,21,22,23). The number of aromatic nitrogens is 4. The van der Waals surface area contributed by atoms with Crippen molar-refractivity contribution < 1.29 is 0 Å². The van der Waals surface area contributed by atoms with Crippen molar-refractivity contribution in [3.63, 3.8) is 0 Å². The maximum absolute atomic E-state index is 6.26. The van der Waals surface area contributed by atoms with Crippen LogP contribution in [0.5, 0.6) is 0 Å². The van der Waals surface area contributed by atoms with Crippen molar-refractivity contribution in [2.24, 2.45) is 5.92 Å². The van der Waals surface area contributed by atoms with E-state index in [0.717, 1.165) is 28.7 Å². The Labute approximate surface area is 134 Å². The molecule has 6 heteroatoms. The van der Waals surface area contributed by atoms with Crippen LogP contribution >= 0.6 is 0 Å². The third-order valence-electron chi connectivity index (χ3n) is 3.82. The Balaban J connectivity index is 2.22. The number of hydrogen-bond acceptors (Lipinski definition) is 5. The van der Waals surface area contributed by atoms with Gasteiger partial charge < -0.3 is 11.5 Å². The Morgan fingerprint density at radius 2 is 1.74 bits per heavy atom. The van der Waals surface area contributed by atoms with E-state index in [0.29, 0.717) is 23.1 Å². The number of H-pyrrole nitrogens is 1. The summed E-state index contributed by atoms with van der Waals surface area (Å²) in [6.45, 7) is 4.33. The summed E-state index contributed by atoms with van der Waals surface area (Å²) in [7, 11) is 0. The van der Waals surface area contributed by atoms with Gasteiger partial charge in [-0.1, -0.05) is 44.2 Å². The molecule has 2 aromatic carbocycles. The maximum atomic E-state index is 6.26. The molecule has 0 aliphatic rings. The van der Waals surface area contributed by atoms with E-state index in [4.69, 9.17) is 11.5 Å². The number of tetrazole rings is 1. The number of nitrogens with zero attached hydrogens (tertiary/aromatic N) is 3. The predicted molar refractivity (Wildman–Crippen MR) is 92.4 cm³/mol. The molecule has 6 nitrogen and oxygen atoms in total. The number of nitrogen functional groups attached to an aromatic ring is 2. The van der Waals surface area contributed by atoms with E-state index in [9.17, 15) is 0 Å². The van der Waals surface area contributed by atoms with Crippen molar-refractivity contribution in [1.29, 1.82) is 0 Å². The van der Waals surface area contributed by atoms with Crippen molar-refractivity contribution in [2.75, 3.05) is 11.5 Å². The molecule has 3 aromatic rings. The topological polar surface area (TPSA) is 106 Å². The van der Waals surface area contributed by atoms with E-state index < -0.39 is 0 Å². The summed E-state index contributed by atoms with van der Waals surface area (Å²) in [5.74, 6) is 1.10. The molecule has 23 heavy (non-hydrogen) atoms. The second-order valence-electron chi connectivity index (χ2n) is 5.99. The van der Waals surface area contributed by atoms with Crippen molar-refractivity contribution >= 4 is 11.4 Å². The molecule has 0 radical (unpaired) electrons. The lowest BCUT2D eigenvalue weighted by molar-refractivity contribution is 0.649. The van der Waals surface area contributed by atoms with Gasteiger partial charge in [0, 0.05) is 5.56 Å². The highest BCUT2D eigenvalue weighted by molar-refractivity contribution is 5.87. The lowest BCUT2D eigenvalue weighted by Crippen LogP contribution is -2.05. The molecular weight excluding hydrogens is 288 g/mol. The average molecular weight is 308 g/mol. The molecule has 0 aliphatic heterocycles. The summed E-state index contributed by atoms with van der Waals surface area (Å²) in [5, 5.41) is 14.2. The SMILES string of the molecule is CC(C)Cc1c(-c2ccccc2-c2nnn[nH]2)ccc(N)c1N. The van der Waals surface area contributed by atoms with Gasteiger partial charge >= 0.3 is 0 Å². The minimum absolute atomic E-state index is 0.469. The first kappa shape index (κ1) is 15.0. The summed E-state index contributed by atoms with van der Waals surface area (Å²) in [6, 6.07) is 11.9. The van der Waals surface area contributed by atoms with Gasteiger partial charge in [0.15, 0.2) is 5.82 Å². The Hall–Kier alpha value is -2.89. The molecule has 0 bridgehead atoms. The lowest BCUT2D eigenvalue weighted by Gasteiger charge is -2.18. The van der Waals surface area contributed by atoms with Crippen LogP contribution in [0.25, 0.3) is 22.5 Å². The fraction of sp³-hybridized carbons (Fsp3) is 0.235. The van der Waals surface area contributed by atoms with Gasteiger partial charge in [0.2, 0.25) is 0 Å². The minimum Gasteiger partial charge on any atom is -0.397 e. The highest BCUT2D eigenvalue weighted by Crippen LogP contribution is 2.37. The summed E-state index contributed by atoms with van der Waals surface area (Å²) >= 11 is 0. The number of hydrogen-bond donors (Lipinski definition) is 3. The summed E-state index contributed by atoms with van der Waals surface area (Å²) in [5.41, 5.74) is 17.7. The number of anilines is 2. The second-order valence-corrected chi connectivity index (χ2v) is 5.99. The smallest absolute Gasteiger partial charge is 0.180 e. The van der Waals surface area contributed by atoms with Crippen molar-refractivity contribution in [2.45, 2.75) is 20.3 Å². The van der Waals surface area contributed by atoms with Crippen molar-refractivity contribution in [1.82, 2.24) is 20.6 Å². The van der Waals surface area contributed by atoms with Crippen LogP contribution in [-0.4, -0.2) is 20.6 Å². The highest BCUT2D eigenvalue weighted by atomic mass is 15.5. The van der Waals surface area contributed by atoms with Gasteiger partial charge in [0.05, 0.1) is 11.4 Å². The van der Waals surface area contributed by atoms with Gasteiger partial charge in [0.25, 0.3) is 0 Å². The Kier molecular flexibility index (Phi) is 3.97. The molecule has 0 saturated carbocycles. The number of nitrogens with one attached hydrogen (secondary N) is 1. The molecule has 0 atom stereocenters. The van der Waals surface area contributed by atoms with E-state index in [2.05, 4.69) is 34.5 Å². The van der Waals surface area contributed by atoms with Crippen LogP contribution in [0.15, 0.2) is 36.4 Å². The van der Waals surface area contributed by atoms with Crippen LogP contribution in [0.2, 0.25) is 0 Å². The molecule has 0 fully saturated rings. The molecule has 118 valence electrons. The number of nitrogens with two attached hydrogens (primary N) is 2. The quantitative estimate of drug-likeness (QED) is 0.642. The zero-order chi connectivity index (χ0) is 16.4. The molecule has 0 aliphatic carbocycles. The van der Waals surface area contributed by atoms with E-state index in [-0.39, 0.29) is 0 Å². The normalized spacial score (nSPS) is 11.1. The summed E-state index contributed by atoms with van der Waals surface area (Å²) in [4.78, 5) is 0. The van der Waals surface area contributed by atoms with Crippen molar-refractivity contribution in [3.05, 3.63) is 42.0 Å². The highest BCUT2D eigenvalue weighted by Gasteiger charge is 2.16. The molecule has 1 heterocycles. The third kappa shape index (κ3) is 2.88. The maximum Gasteiger partial charge on any atom is 0.180 e. The van der Waals surface area contributed by atoms with Crippen molar-refractivity contribution in [3.8, 4) is 22.5 Å². The predicted octanol–water partition coefficient (Wildman–Crippen LogP) is 2.90. The second kappa shape index (κ2) is 6.08. The first-order valence-corrected chi connectivity index (χ1v) is 7.58. The Bertz CT molecular complexity index is 808. The van der Waals surface area contributed by atoms with E-state index in [1.165, 1.54) is 0 Å². The summed E-state index contributed by atoms with van der Waals surface area (Å²) in [6.07, 6.45) is 0.856. The van der Waals surface area contributed by atoms with Crippen LogP contribution in [0.3, 0.4) is 0 Å². The van der Waals surface area contributed by atoms with Gasteiger partial charge in [-0.25, -0.2) is 5.10 Å². The fourth-order valence-corrected chi connectivity index (χ4v) is 2.76. The minimum atomic E-state index is 0.469. The molecule has 1 aromatic heterocycles. The number of rotatable bonds is 4. The third-order valence-corrected chi connectivity index (χ3v) is 3.82. The Morgan fingerprint density at radius 1 is 1.00 bits per heavy atom. The van der Waals surface area contributed by atoms with Gasteiger partial charge in [-0.3, -0.25) is 0 Å². The fourth-order valence-electron chi connectivity index (χ4n) is 2.76. The van der Waals surface area contributed by atoms with Crippen LogP contribution < -0.4 is 11.5 Å². The largest absolute Gasteiger partial charge is 0.397 e. The zero-order valence-electron chi connectivity index (χ0n) is 13.2. The molecule has 3 rings (SSSR count). The monoisotopic (exact) mass is 308 g/mol. The molecule has 0 unspecified atom stereocenters. The summed E-state index contributed by atoms with van der Waals surface area (Å²) < 4.78 is 0. The van der Waals surface area contributed by atoms with E-state index in [1.54, 1.807) is 0 Å². The van der Waals surface area contributed by atoms with Crippen LogP contribution in [0.4, 0.5) is 11.4 Å². The molecular formula is C17H20N6. The van der Waals surface area contributed by atoms with Crippen LogP contribution in [0, 0.1) is 5.92 Å². The Morgan fingerprint density at radius 3 is 2.39 bits per heavy atom. The van der Waals surface area contributed by atoms with Gasteiger partial charge in [-0.15, -0.1) is 5.10 Å². The van der Waals surface area contributed by atoms with Gasteiger partial charge in [-0.2, -0.15) is 0 Å². The van der Waals surface area contributed by atoms with Gasteiger partial charge in [-0.05, 0) is 45.5 Å². The average Bonchev–Trinajstić information content (AvgIpc) is 3.06. The first-order valence-electron chi connectivity index (χ1n) is 7.58. The first-order chi connectivity index (χ1) is 11.1. The van der Waals surface area contributed by atoms with E-state index >= 15 is 0 Å². The number of aromatic amines is 1. The molecule has 0 saturated heterocycles. The molecule has 0 amide bonds. The van der Waals surface area contributed by atoms with E-state index in [1.807, 2.05) is 36.4 Å². The number of benzene rings is 2. The van der Waals surface area contributed by atoms with Crippen LogP contribution in [0.1, 0.15) is 19.4 Å². The van der Waals surface area contributed by atoms with Crippen LogP contribution in [-0.2, 0) is 6.42 Å². The van der Waals surface area contributed by atoms with Gasteiger partial charge in [0.1, 0.15) is 0 Å². The lowest BCUT2D eigenvalue weighted by atomic mass is 9.89.